The Kier molecular flexibility index (Phi) is 11.1. The number of carbonyl (C=O) groups is 1. The highest BCUT2D eigenvalue weighted by Gasteiger charge is 2.18. The maximum atomic E-state index is 11.9. The topological polar surface area (TPSA) is 44.4 Å². The number of hydrogen-bond acceptors (Lipinski definition) is 4. The van der Waals surface area contributed by atoms with Crippen molar-refractivity contribution in [1.82, 2.24) is 15.5 Å². The number of nitrogens with zero attached hydrogens (tertiary/aromatic N) is 1. The van der Waals surface area contributed by atoms with Gasteiger partial charge in [-0.15, -0.1) is 24.8 Å². The molecule has 7 heteroatoms. The van der Waals surface area contributed by atoms with Crippen LogP contribution in [-0.2, 0) is 4.79 Å². The smallest absolute Gasteiger partial charge is 0.220 e. The van der Waals surface area contributed by atoms with E-state index in [1.54, 1.807) is 11.3 Å². The number of thiophene rings is 1. The molecule has 2 atom stereocenters. The van der Waals surface area contributed by atoms with Crippen LogP contribution < -0.4 is 10.6 Å². The Labute approximate surface area is 149 Å². The van der Waals surface area contributed by atoms with Gasteiger partial charge < -0.3 is 15.5 Å². The maximum absolute atomic E-state index is 11.9. The van der Waals surface area contributed by atoms with Crippen molar-refractivity contribution >= 4 is 42.1 Å². The average molecular weight is 368 g/mol. The van der Waals surface area contributed by atoms with E-state index in [2.05, 4.69) is 46.5 Å². The van der Waals surface area contributed by atoms with Crippen LogP contribution >= 0.6 is 36.2 Å². The van der Waals surface area contributed by atoms with Crippen LogP contribution in [0.2, 0.25) is 0 Å². The van der Waals surface area contributed by atoms with Crippen LogP contribution in [0.5, 0.6) is 0 Å². The number of hydrogen-bond donors (Lipinski definition) is 2. The van der Waals surface area contributed by atoms with Gasteiger partial charge in [0.15, 0.2) is 0 Å². The summed E-state index contributed by atoms with van der Waals surface area (Å²) >= 11 is 1.70. The number of likely N-dealkylation sites (N-methyl/N-ethyl adjacent to an activating group) is 1. The Morgan fingerprint density at radius 3 is 2.82 bits per heavy atom. The summed E-state index contributed by atoms with van der Waals surface area (Å²) in [6.45, 7) is 2.86. The molecule has 0 aliphatic carbocycles. The van der Waals surface area contributed by atoms with E-state index in [1.165, 1.54) is 12.0 Å². The fourth-order valence-corrected chi connectivity index (χ4v) is 3.37. The number of nitrogens with one attached hydrogen (secondary N) is 2. The third-order valence-electron chi connectivity index (χ3n) is 3.99. The average Bonchev–Trinajstić information content (AvgIpc) is 3.09. The van der Waals surface area contributed by atoms with Gasteiger partial charge in [0, 0.05) is 13.0 Å². The molecule has 22 heavy (non-hydrogen) atoms. The van der Waals surface area contributed by atoms with Gasteiger partial charge in [0.25, 0.3) is 0 Å². The molecule has 0 bridgehead atoms. The Morgan fingerprint density at radius 2 is 2.27 bits per heavy atom. The maximum Gasteiger partial charge on any atom is 0.220 e. The molecule has 2 rings (SSSR count). The van der Waals surface area contributed by atoms with Crippen molar-refractivity contribution in [3.63, 3.8) is 0 Å². The van der Waals surface area contributed by atoms with Crippen LogP contribution in [0, 0.1) is 5.92 Å². The molecule has 2 heterocycles. The van der Waals surface area contributed by atoms with Gasteiger partial charge in [-0.3, -0.25) is 4.79 Å². The summed E-state index contributed by atoms with van der Waals surface area (Å²) in [5.41, 5.74) is 1.28. The highest BCUT2D eigenvalue weighted by Crippen LogP contribution is 2.20. The van der Waals surface area contributed by atoms with Gasteiger partial charge in [-0.05, 0) is 68.3 Å². The number of rotatable bonds is 7. The van der Waals surface area contributed by atoms with E-state index in [-0.39, 0.29) is 36.8 Å². The van der Waals surface area contributed by atoms with E-state index in [0.717, 1.165) is 19.5 Å². The van der Waals surface area contributed by atoms with Crippen LogP contribution in [-0.4, -0.2) is 44.5 Å². The highest BCUT2D eigenvalue weighted by molar-refractivity contribution is 7.07. The molecule has 4 nitrogen and oxygen atoms in total. The zero-order valence-electron chi connectivity index (χ0n) is 13.2. The van der Waals surface area contributed by atoms with Gasteiger partial charge in [-0.2, -0.15) is 11.3 Å². The summed E-state index contributed by atoms with van der Waals surface area (Å²) in [7, 11) is 4.11. The van der Waals surface area contributed by atoms with Gasteiger partial charge in [0.1, 0.15) is 0 Å². The molecule has 128 valence electrons. The van der Waals surface area contributed by atoms with E-state index >= 15 is 0 Å². The molecule has 1 amide bonds. The number of halogens is 2. The second-order valence-electron chi connectivity index (χ2n) is 5.74. The first-order valence-electron chi connectivity index (χ1n) is 7.32. The molecule has 2 N–H and O–H groups in total. The van der Waals surface area contributed by atoms with E-state index < -0.39 is 0 Å². The first kappa shape index (κ1) is 21.7. The first-order chi connectivity index (χ1) is 9.66. The molecule has 1 fully saturated rings. The molecule has 1 aromatic heterocycles. The van der Waals surface area contributed by atoms with Crippen LogP contribution in [0.25, 0.3) is 0 Å². The predicted molar refractivity (Wildman–Crippen MR) is 98.5 cm³/mol. The van der Waals surface area contributed by atoms with Crippen LogP contribution in [0.1, 0.15) is 30.9 Å². The fourth-order valence-electron chi connectivity index (χ4n) is 2.66. The van der Waals surface area contributed by atoms with E-state index in [4.69, 9.17) is 0 Å². The van der Waals surface area contributed by atoms with Crippen LogP contribution in [0.3, 0.4) is 0 Å². The molecule has 0 saturated carbocycles. The van der Waals surface area contributed by atoms with Crippen LogP contribution in [0.4, 0.5) is 0 Å². The minimum absolute atomic E-state index is 0. The summed E-state index contributed by atoms with van der Waals surface area (Å²) in [4.78, 5) is 14.1. The third-order valence-corrected chi connectivity index (χ3v) is 4.69. The molecule has 1 saturated heterocycles. The lowest BCUT2D eigenvalue weighted by molar-refractivity contribution is -0.121. The Bertz CT molecular complexity index is 409. The van der Waals surface area contributed by atoms with Crippen molar-refractivity contribution in [2.45, 2.75) is 25.3 Å². The molecular formula is C15H27Cl2N3OS. The normalized spacial score (nSPS) is 18.4. The number of amides is 1. The molecule has 0 radical (unpaired) electrons. The van der Waals surface area contributed by atoms with Gasteiger partial charge in [0.2, 0.25) is 5.91 Å². The van der Waals surface area contributed by atoms with Crippen molar-refractivity contribution in [1.29, 1.82) is 0 Å². The summed E-state index contributed by atoms with van der Waals surface area (Å²) in [5.74, 6) is 0.862. The zero-order valence-corrected chi connectivity index (χ0v) is 15.7. The van der Waals surface area contributed by atoms with Gasteiger partial charge >= 0.3 is 0 Å². The Morgan fingerprint density at radius 1 is 1.50 bits per heavy atom. The van der Waals surface area contributed by atoms with Crippen LogP contribution in [0.15, 0.2) is 16.8 Å². The van der Waals surface area contributed by atoms with Crippen molar-refractivity contribution in [2.24, 2.45) is 5.92 Å². The third kappa shape index (κ3) is 6.84. The fraction of sp³-hybridized carbons (Fsp3) is 0.667. The second kappa shape index (κ2) is 11.2. The summed E-state index contributed by atoms with van der Waals surface area (Å²) in [5, 5.41) is 10.7. The molecule has 1 aromatic rings. The monoisotopic (exact) mass is 367 g/mol. The van der Waals surface area contributed by atoms with E-state index in [1.807, 2.05) is 0 Å². The molecule has 0 aromatic carbocycles. The van der Waals surface area contributed by atoms with Gasteiger partial charge in [0.05, 0.1) is 6.04 Å². The molecule has 2 unspecified atom stereocenters. The minimum Gasteiger partial charge on any atom is -0.354 e. The summed E-state index contributed by atoms with van der Waals surface area (Å²) < 4.78 is 0. The summed E-state index contributed by atoms with van der Waals surface area (Å²) in [6, 6.07) is 2.39. The van der Waals surface area contributed by atoms with Crippen molar-refractivity contribution in [2.75, 3.05) is 33.7 Å². The van der Waals surface area contributed by atoms with Crippen molar-refractivity contribution in [3.05, 3.63) is 22.4 Å². The predicted octanol–water partition coefficient (Wildman–Crippen LogP) is 2.70. The lowest BCUT2D eigenvalue weighted by atomic mass is 10.0. The minimum atomic E-state index is 0. The van der Waals surface area contributed by atoms with Gasteiger partial charge in [-0.25, -0.2) is 0 Å². The lowest BCUT2D eigenvalue weighted by Gasteiger charge is -2.24. The molecule has 1 aliphatic heterocycles. The molecule has 1 aliphatic rings. The zero-order chi connectivity index (χ0) is 14.4. The standard InChI is InChI=1S/C15H25N3OS.2ClH/c1-18(2)14(13-6-8-20-11-13)10-17-15(19)4-3-12-5-7-16-9-12;;/h6,8,11-12,14,16H,3-5,7,9-10H2,1-2H3,(H,17,19);2*1H. The Balaban J connectivity index is 0.00000220. The largest absolute Gasteiger partial charge is 0.354 e. The first-order valence-corrected chi connectivity index (χ1v) is 8.27. The molecule has 0 spiro atoms. The SMILES string of the molecule is CN(C)C(CNC(=O)CCC1CCNC1)c1ccsc1.Cl.Cl. The molecular weight excluding hydrogens is 341 g/mol. The van der Waals surface area contributed by atoms with Crippen molar-refractivity contribution < 1.29 is 4.79 Å². The number of carbonyl (C=O) groups excluding carboxylic acids is 1. The van der Waals surface area contributed by atoms with Gasteiger partial charge in [-0.1, -0.05) is 0 Å². The van der Waals surface area contributed by atoms with E-state index in [0.29, 0.717) is 18.9 Å². The highest BCUT2D eigenvalue weighted by atomic mass is 35.5. The quantitative estimate of drug-likeness (QED) is 0.778. The Hall–Kier alpha value is -0.330. The van der Waals surface area contributed by atoms with Crippen molar-refractivity contribution in [3.8, 4) is 0 Å². The van der Waals surface area contributed by atoms with E-state index in [9.17, 15) is 4.79 Å². The lowest BCUT2D eigenvalue weighted by Crippen LogP contribution is -2.34. The summed E-state index contributed by atoms with van der Waals surface area (Å²) in [6.07, 6.45) is 2.86. The second-order valence-corrected chi connectivity index (χ2v) is 6.52.